The van der Waals surface area contributed by atoms with E-state index in [1.54, 1.807) is 12.1 Å². The molecule has 6 heteroatoms. The molecule has 17 heavy (non-hydrogen) atoms. The number of hydrogen-bond donors (Lipinski definition) is 0. The fourth-order valence-electron chi connectivity index (χ4n) is 1.83. The van der Waals surface area contributed by atoms with Crippen molar-refractivity contribution in [3.63, 3.8) is 0 Å². The summed E-state index contributed by atoms with van der Waals surface area (Å²) in [6, 6.07) is 4.51. The van der Waals surface area contributed by atoms with Gasteiger partial charge >= 0.3 is 0 Å². The molecule has 1 fully saturated rings. The Bertz CT molecular complexity index is 441. The molecule has 1 heterocycles. The van der Waals surface area contributed by atoms with E-state index >= 15 is 0 Å². The van der Waals surface area contributed by atoms with Crippen molar-refractivity contribution >= 4 is 17.7 Å². The largest absolute Gasteiger partial charge is 0.378 e. The van der Waals surface area contributed by atoms with Crippen LogP contribution in [0.15, 0.2) is 18.2 Å². The Hall–Kier alpha value is -1.95. The van der Waals surface area contributed by atoms with Gasteiger partial charge in [0.2, 0.25) is 0 Å². The molecule has 0 atom stereocenters. The number of benzene rings is 1. The lowest BCUT2D eigenvalue weighted by atomic mass is 10.1. The molecule has 1 aromatic carbocycles. The molecular formula is C11H12N2O4. The van der Waals surface area contributed by atoms with Gasteiger partial charge in [-0.05, 0) is 12.1 Å². The molecule has 1 aliphatic rings. The number of rotatable bonds is 3. The highest BCUT2D eigenvalue weighted by atomic mass is 16.6. The van der Waals surface area contributed by atoms with Gasteiger partial charge in [-0.2, -0.15) is 0 Å². The Balaban J connectivity index is 2.37. The fourth-order valence-corrected chi connectivity index (χ4v) is 1.83. The number of morpholine rings is 1. The van der Waals surface area contributed by atoms with Gasteiger partial charge in [0.25, 0.3) is 5.69 Å². The number of carbonyl (C=O) groups excluding carboxylic acids is 1. The van der Waals surface area contributed by atoms with E-state index in [-0.39, 0.29) is 5.69 Å². The summed E-state index contributed by atoms with van der Waals surface area (Å²) in [5.74, 6) is 0. The zero-order chi connectivity index (χ0) is 12.3. The summed E-state index contributed by atoms with van der Waals surface area (Å²) in [7, 11) is 0. The van der Waals surface area contributed by atoms with E-state index in [2.05, 4.69) is 0 Å². The molecule has 0 spiro atoms. The van der Waals surface area contributed by atoms with Gasteiger partial charge in [0.1, 0.15) is 12.0 Å². The third-order valence-corrected chi connectivity index (χ3v) is 2.68. The summed E-state index contributed by atoms with van der Waals surface area (Å²) >= 11 is 0. The molecule has 0 unspecified atom stereocenters. The van der Waals surface area contributed by atoms with E-state index in [0.717, 1.165) is 0 Å². The van der Waals surface area contributed by atoms with Crippen molar-refractivity contribution in [2.24, 2.45) is 0 Å². The normalized spacial score (nSPS) is 15.6. The number of hydrogen-bond acceptors (Lipinski definition) is 5. The molecule has 0 N–H and O–H groups in total. The third kappa shape index (κ3) is 2.42. The van der Waals surface area contributed by atoms with Gasteiger partial charge in [0.15, 0.2) is 0 Å². The molecule has 90 valence electrons. The van der Waals surface area contributed by atoms with Gasteiger partial charge < -0.3 is 9.64 Å². The van der Waals surface area contributed by atoms with Crippen molar-refractivity contribution in [1.29, 1.82) is 0 Å². The van der Waals surface area contributed by atoms with E-state index in [1.165, 1.54) is 6.07 Å². The van der Waals surface area contributed by atoms with Gasteiger partial charge in [0, 0.05) is 24.7 Å². The van der Waals surface area contributed by atoms with E-state index in [4.69, 9.17) is 4.74 Å². The zero-order valence-corrected chi connectivity index (χ0v) is 9.17. The summed E-state index contributed by atoms with van der Waals surface area (Å²) in [5.41, 5.74) is 0.828. The maximum absolute atomic E-state index is 11.0. The second-order valence-electron chi connectivity index (χ2n) is 3.72. The van der Waals surface area contributed by atoms with Crippen LogP contribution < -0.4 is 4.90 Å². The average molecular weight is 236 g/mol. The number of ether oxygens (including phenoxy) is 1. The van der Waals surface area contributed by atoms with Crippen molar-refractivity contribution in [1.82, 2.24) is 0 Å². The smallest absolute Gasteiger partial charge is 0.293 e. The summed E-state index contributed by atoms with van der Waals surface area (Å²) in [5, 5.41) is 11.0. The Morgan fingerprint density at radius 3 is 2.65 bits per heavy atom. The lowest BCUT2D eigenvalue weighted by Crippen LogP contribution is -2.36. The first-order valence-electron chi connectivity index (χ1n) is 5.28. The minimum absolute atomic E-state index is 0.0310. The predicted octanol–water partition coefficient (Wildman–Crippen LogP) is 1.24. The van der Waals surface area contributed by atoms with Crippen LogP contribution in [-0.4, -0.2) is 37.5 Å². The number of aldehydes is 1. The molecule has 0 bridgehead atoms. The minimum Gasteiger partial charge on any atom is -0.378 e. The van der Waals surface area contributed by atoms with Gasteiger partial charge in [-0.1, -0.05) is 0 Å². The van der Waals surface area contributed by atoms with Crippen molar-refractivity contribution in [2.75, 3.05) is 31.2 Å². The first-order chi connectivity index (χ1) is 8.22. The third-order valence-electron chi connectivity index (χ3n) is 2.68. The highest BCUT2D eigenvalue weighted by Gasteiger charge is 2.21. The van der Waals surface area contributed by atoms with Crippen molar-refractivity contribution in [3.05, 3.63) is 33.9 Å². The Labute approximate surface area is 97.9 Å². The molecule has 0 aromatic heterocycles. The van der Waals surface area contributed by atoms with Crippen LogP contribution in [0.1, 0.15) is 10.4 Å². The van der Waals surface area contributed by atoms with Gasteiger partial charge in [-0.3, -0.25) is 14.9 Å². The van der Waals surface area contributed by atoms with Gasteiger partial charge in [-0.15, -0.1) is 0 Å². The van der Waals surface area contributed by atoms with Crippen molar-refractivity contribution < 1.29 is 14.5 Å². The van der Waals surface area contributed by atoms with Crippen LogP contribution in [0.4, 0.5) is 11.4 Å². The summed E-state index contributed by atoms with van der Waals surface area (Å²) in [4.78, 5) is 23.0. The summed E-state index contributed by atoms with van der Waals surface area (Å²) < 4.78 is 5.20. The number of nitro groups is 1. The van der Waals surface area contributed by atoms with Crippen molar-refractivity contribution in [3.8, 4) is 0 Å². The van der Waals surface area contributed by atoms with Gasteiger partial charge in [0.05, 0.1) is 18.1 Å². The second kappa shape index (κ2) is 4.92. The fraction of sp³-hybridized carbons (Fsp3) is 0.364. The minimum atomic E-state index is -0.461. The molecule has 1 aliphatic heterocycles. The van der Waals surface area contributed by atoms with E-state index in [0.29, 0.717) is 43.8 Å². The van der Waals surface area contributed by atoms with Crippen LogP contribution in [0.2, 0.25) is 0 Å². The van der Waals surface area contributed by atoms with Crippen LogP contribution in [0.5, 0.6) is 0 Å². The average Bonchev–Trinajstić information content (AvgIpc) is 2.39. The SMILES string of the molecule is O=Cc1ccc(N2CCOCC2)c([N+](=O)[O-])c1. The standard InChI is InChI=1S/C11H12N2O4/c14-8-9-1-2-10(11(7-9)13(15)16)12-3-5-17-6-4-12/h1-2,7-8H,3-6H2. The van der Waals surface area contributed by atoms with Crippen LogP contribution in [0.3, 0.4) is 0 Å². The monoisotopic (exact) mass is 236 g/mol. The van der Waals surface area contributed by atoms with Crippen LogP contribution in [0, 0.1) is 10.1 Å². The van der Waals surface area contributed by atoms with Crippen LogP contribution in [0.25, 0.3) is 0 Å². The van der Waals surface area contributed by atoms with Crippen molar-refractivity contribution in [2.45, 2.75) is 0 Å². The van der Waals surface area contributed by atoms with Crippen LogP contribution in [-0.2, 0) is 4.74 Å². The van der Waals surface area contributed by atoms with E-state index < -0.39 is 4.92 Å². The quantitative estimate of drug-likeness (QED) is 0.448. The topological polar surface area (TPSA) is 72.7 Å². The number of carbonyl (C=O) groups is 1. The zero-order valence-electron chi connectivity index (χ0n) is 9.17. The molecule has 0 amide bonds. The second-order valence-corrected chi connectivity index (χ2v) is 3.72. The molecule has 6 nitrogen and oxygen atoms in total. The predicted molar refractivity (Wildman–Crippen MR) is 61.5 cm³/mol. The molecule has 0 radical (unpaired) electrons. The maximum atomic E-state index is 11.0. The Morgan fingerprint density at radius 1 is 1.35 bits per heavy atom. The molecule has 1 aromatic rings. The molecule has 0 saturated carbocycles. The molecule has 2 rings (SSSR count). The highest BCUT2D eigenvalue weighted by Crippen LogP contribution is 2.29. The van der Waals surface area contributed by atoms with Crippen LogP contribution >= 0.6 is 0 Å². The number of nitrogens with zero attached hydrogens (tertiary/aromatic N) is 2. The Morgan fingerprint density at radius 2 is 2.06 bits per heavy atom. The molecule has 0 aliphatic carbocycles. The van der Waals surface area contributed by atoms with Gasteiger partial charge in [-0.25, -0.2) is 0 Å². The first-order valence-corrected chi connectivity index (χ1v) is 5.28. The van der Waals surface area contributed by atoms with E-state index in [9.17, 15) is 14.9 Å². The summed E-state index contributed by atoms with van der Waals surface area (Å²) in [6.07, 6.45) is 0.607. The van der Waals surface area contributed by atoms with E-state index in [1.807, 2.05) is 4.90 Å². The molecular weight excluding hydrogens is 224 g/mol. The number of nitro benzene ring substituents is 1. The first kappa shape index (κ1) is 11.5. The summed E-state index contributed by atoms with van der Waals surface area (Å²) in [6.45, 7) is 2.38. The maximum Gasteiger partial charge on any atom is 0.293 e. The Kier molecular flexibility index (Phi) is 3.34. The lowest BCUT2D eigenvalue weighted by molar-refractivity contribution is -0.384. The lowest BCUT2D eigenvalue weighted by Gasteiger charge is -2.28. The highest BCUT2D eigenvalue weighted by molar-refractivity contribution is 5.79. The molecule has 1 saturated heterocycles. The number of anilines is 1.